The number of rotatable bonds is 32. The second-order valence-electron chi connectivity index (χ2n) is 12.4. The number of ketones is 2. The topological polar surface area (TPSA) is 75.3 Å². The van der Waals surface area contributed by atoms with Crippen LogP contribution in [0.5, 0.6) is 0 Å². The molecule has 41 heavy (non-hydrogen) atoms. The van der Waals surface area contributed by atoms with Crippen molar-refractivity contribution < 1.29 is 14.4 Å². The predicted octanol–water partition coefficient (Wildman–Crippen LogP) is 10.8. The molecule has 1 unspecified atom stereocenters. The molecule has 0 rings (SSSR count). The van der Waals surface area contributed by atoms with E-state index < -0.39 is 6.04 Å². The van der Waals surface area contributed by atoms with E-state index in [-0.39, 0.29) is 24.0 Å². The summed E-state index contributed by atoms with van der Waals surface area (Å²) in [6, 6.07) is -1.01. The first kappa shape index (κ1) is 39.6. The van der Waals surface area contributed by atoms with Crippen molar-refractivity contribution in [3.05, 3.63) is 0 Å². The maximum absolute atomic E-state index is 13.0. The molecule has 0 fully saturated rings. The number of urea groups is 1. The van der Waals surface area contributed by atoms with E-state index in [1.807, 2.05) is 0 Å². The fourth-order valence-electron chi connectivity index (χ4n) is 5.49. The van der Waals surface area contributed by atoms with Gasteiger partial charge in [0.25, 0.3) is 0 Å². The summed E-state index contributed by atoms with van der Waals surface area (Å²) in [5.74, 6) is 0.112. The Labute approximate surface area is 255 Å². The number of carbonyl (C=O) groups excluding carboxylic acids is 3. The Morgan fingerprint density at radius 3 is 1.27 bits per heavy atom. The Morgan fingerprint density at radius 2 is 0.829 bits per heavy atom. The molecular formula is C36H70N2O3. The minimum Gasteiger partial charge on any atom is -0.338 e. The van der Waals surface area contributed by atoms with Crippen molar-refractivity contribution in [2.45, 2.75) is 207 Å². The second kappa shape index (κ2) is 31.5. The van der Waals surface area contributed by atoms with Crippen molar-refractivity contribution >= 4 is 17.6 Å². The van der Waals surface area contributed by atoms with Gasteiger partial charge in [0.15, 0.2) is 5.78 Å². The highest BCUT2D eigenvalue weighted by Crippen LogP contribution is 2.15. The van der Waals surface area contributed by atoms with Gasteiger partial charge in [-0.1, -0.05) is 162 Å². The fraction of sp³-hybridized carbons (Fsp3) is 0.917. The Bertz CT molecular complexity index is 608. The zero-order valence-electron chi connectivity index (χ0n) is 27.8. The Hall–Kier alpha value is -1.39. The number of amides is 2. The SMILES string of the molecule is CCCCCCCCCCCCCC(=O)CC(NC(=O)NCCCCC)C(=O)CCCCCCCCCCCCC. The third-order valence-electron chi connectivity index (χ3n) is 8.28. The van der Waals surface area contributed by atoms with Gasteiger partial charge >= 0.3 is 6.03 Å². The van der Waals surface area contributed by atoms with E-state index in [0.29, 0.717) is 19.4 Å². The third-order valence-corrected chi connectivity index (χ3v) is 8.28. The van der Waals surface area contributed by atoms with Gasteiger partial charge in [-0.3, -0.25) is 9.59 Å². The normalized spacial score (nSPS) is 11.9. The van der Waals surface area contributed by atoms with E-state index >= 15 is 0 Å². The van der Waals surface area contributed by atoms with Crippen LogP contribution >= 0.6 is 0 Å². The quantitative estimate of drug-likeness (QED) is 0.0779. The highest BCUT2D eigenvalue weighted by Gasteiger charge is 2.23. The van der Waals surface area contributed by atoms with Gasteiger partial charge in [0.05, 0.1) is 6.04 Å². The molecule has 0 heterocycles. The average Bonchev–Trinajstić information content (AvgIpc) is 2.96. The van der Waals surface area contributed by atoms with E-state index in [1.54, 1.807) is 0 Å². The molecule has 0 aromatic rings. The van der Waals surface area contributed by atoms with Crippen molar-refractivity contribution in [3.8, 4) is 0 Å². The van der Waals surface area contributed by atoms with E-state index in [9.17, 15) is 14.4 Å². The smallest absolute Gasteiger partial charge is 0.315 e. The molecule has 0 aliphatic carbocycles. The van der Waals surface area contributed by atoms with Crippen molar-refractivity contribution in [1.82, 2.24) is 10.6 Å². The molecule has 5 nitrogen and oxygen atoms in total. The van der Waals surface area contributed by atoms with Crippen molar-refractivity contribution in [3.63, 3.8) is 0 Å². The lowest BCUT2D eigenvalue weighted by atomic mass is 9.97. The van der Waals surface area contributed by atoms with Gasteiger partial charge in [0, 0.05) is 25.8 Å². The molecule has 1 atom stereocenters. The molecule has 0 aliphatic rings. The zero-order valence-corrected chi connectivity index (χ0v) is 27.8. The molecule has 0 aliphatic heterocycles. The van der Waals surface area contributed by atoms with Crippen LogP contribution < -0.4 is 10.6 Å². The molecule has 0 spiro atoms. The molecule has 2 N–H and O–H groups in total. The second-order valence-corrected chi connectivity index (χ2v) is 12.4. The van der Waals surface area contributed by atoms with Crippen LogP contribution in [0.3, 0.4) is 0 Å². The van der Waals surface area contributed by atoms with E-state index in [0.717, 1.165) is 51.4 Å². The summed E-state index contributed by atoms with van der Waals surface area (Å²) in [4.78, 5) is 38.2. The number of carbonyl (C=O) groups is 3. The molecule has 0 bridgehead atoms. The molecule has 0 saturated heterocycles. The van der Waals surface area contributed by atoms with Crippen molar-refractivity contribution in [1.29, 1.82) is 0 Å². The summed E-state index contributed by atoms with van der Waals surface area (Å²) in [7, 11) is 0. The predicted molar refractivity (Wildman–Crippen MR) is 177 cm³/mol. The maximum atomic E-state index is 13.0. The first-order valence-electron chi connectivity index (χ1n) is 18.1. The highest BCUT2D eigenvalue weighted by atomic mass is 16.2. The van der Waals surface area contributed by atoms with Crippen LogP contribution in [0.25, 0.3) is 0 Å². The van der Waals surface area contributed by atoms with Gasteiger partial charge < -0.3 is 10.6 Å². The number of hydrogen-bond acceptors (Lipinski definition) is 3. The average molecular weight is 579 g/mol. The highest BCUT2D eigenvalue weighted by molar-refractivity contribution is 5.93. The number of hydrogen-bond donors (Lipinski definition) is 2. The molecule has 242 valence electrons. The van der Waals surface area contributed by atoms with Crippen LogP contribution in [0, 0.1) is 0 Å². The van der Waals surface area contributed by atoms with Crippen LogP contribution in [0.2, 0.25) is 0 Å². The van der Waals surface area contributed by atoms with Gasteiger partial charge in [0.2, 0.25) is 0 Å². The summed E-state index contributed by atoms with van der Waals surface area (Å²) in [6.07, 6.45) is 31.6. The molecular weight excluding hydrogens is 508 g/mol. The lowest BCUT2D eigenvalue weighted by Crippen LogP contribution is -2.47. The lowest BCUT2D eigenvalue weighted by Gasteiger charge is -2.18. The zero-order chi connectivity index (χ0) is 30.2. The summed E-state index contributed by atoms with van der Waals surface area (Å²) in [5, 5.41) is 5.70. The van der Waals surface area contributed by atoms with Crippen LogP contribution in [0.1, 0.15) is 201 Å². The first-order chi connectivity index (χ1) is 20.0. The van der Waals surface area contributed by atoms with Gasteiger partial charge in [-0.15, -0.1) is 0 Å². The van der Waals surface area contributed by atoms with E-state index in [2.05, 4.69) is 31.4 Å². The number of nitrogens with one attached hydrogen (secondary N) is 2. The standard InChI is InChI=1S/C36H70N2O3/c1-4-7-10-12-14-16-18-20-22-24-26-29-33(39)32-34(38-36(41)37-31-28-9-6-3)35(40)30-27-25-23-21-19-17-15-13-11-8-5-2/h34H,4-32H2,1-3H3,(H2,37,38,41). The molecule has 5 heteroatoms. The maximum Gasteiger partial charge on any atom is 0.315 e. The van der Waals surface area contributed by atoms with Gasteiger partial charge in [0.1, 0.15) is 5.78 Å². The van der Waals surface area contributed by atoms with E-state index in [1.165, 1.54) is 109 Å². The molecule has 0 radical (unpaired) electrons. The molecule has 0 aromatic heterocycles. The number of unbranched alkanes of at least 4 members (excludes halogenated alkanes) is 22. The molecule has 0 saturated carbocycles. The van der Waals surface area contributed by atoms with Crippen molar-refractivity contribution in [2.24, 2.45) is 0 Å². The molecule has 2 amide bonds. The van der Waals surface area contributed by atoms with E-state index in [4.69, 9.17) is 0 Å². The first-order valence-corrected chi connectivity index (χ1v) is 18.1. The minimum atomic E-state index is -0.690. The van der Waals surface area contributed by atoms with Gasteiger partial charge in [-0.05, 0) is 19.3 Å². The van der Waals surface area contributed by atoms with Crippen LogP contribution in [0.15, 0.2) is 0 Å². The van der Waals surface area contributed by atoms with Crippen molar-refractivity contribution in [2.75, 3.05) is 6.54 Å². The van der Waals surface area contributed by atoms with Crippen LogP contribution in [0.4, 0.5) is 4.79 Å². The Balaban J connectivity index is 4.26. The minimum absolute atomic E-state index is 0.0110. The summed E-state index contributed by atoms with van der Waals surface area (Å²) in [5.41, 5.74) is 0. The Kier molecular flexibility index (Phi) is 30.5. The van der Waals surface area contributed by atoms with Gasteiger partial charge in [-0.25, -0.2) is 4.79 Å². The lowest BCUT2D eigenvalue weighted by molar-refractivity contribution is -0.126. The largest absolute Gasteiger partial charge is 0.338 e. The fourth-order valence-corrected chi connectivity index (χ4v) is 5.49. The van der Waals surface area contributed by atoms with Gasteiger partial charge in [-0.2, -0.15) is 0 Å². The summed E-state index contributed by atoms with van der Waals surface area (Å²) >= 11 is 0. The monoisotopic (exact) mass is 579 g/mol. The third kappa shape index (κ3) is 28.5. The van der Waals surface area contributed by atoms with Crippen LogP contribution in [-0.2, 0) is 9.59 Å². The Morgan fingerprint density at radius 1 is 0.463 bits per heavy atom. The molecule has 0 aromatic carbocycles. The summed E-state index contributed by atoms with van der Waals surface area (Å²) < 4.78 is 0. The van der Waals surface area contributed by atoms with Crippen LogP contribution in [-0.4, -0.2) is 30.2 Å². The number of Topliss-reactive ketones (excluding diaryl/α,β-unsaturated/α-hetero) is 2. The summed E-state index contributed by atoms with van der Waals surface area (Å²) in [6.45, 7) is 7.24.